The number of halogens is 1. The van der Waals surface area contributed by atoms with Gasteiger partial charge in [-0.3, -0.25) is 14.4 Å². The minimum atomic E-state index is -3.98. The molecule has 3 rings (SSSR count). The fourth-order valence-electron chi connectivity index (χ4n) is 3.82. The fraction of sp³-hybridized carbons (Fsp3) is 0.360. The van der Waals surface area contributed by atoms with Crippen LogP contribution in [-0.4, -0.2) is 84.4 Å². The molecule has 0 aliphatic carbocycles. The number of hydrogen-bond acceptors (Lipinski definition) is 9. The molecule has 1 saturated heterocycles. The van der Waals surface area contributed by atoms with Gasteiger partial charge in [-0.05, 0) is 49.4 Å². The van der Waals surface area contributed by atoms with Crippen molar-refractivity contribution in [1.82, 2.24) is 5.32 Å². The maximum absolute atomic E-state index is 13.5. The summed E-state index contributed by atoms with van der Waals surface area (Å²) in [6.07, 6.45) is -1.32. The van der Waals surface area contributed by atoms with Crippen molar-refractivity contribution in [1.29, 1.82) is 0 Å². The highest BCUT2D eigenvalue weighted by Gasteiger charge is 2.40. The number of aliphatic carboxylic acids is 3. The molecule has 0 radical (unpaired) electrons. The Hall–Kier alpha value is -4.08. The first-order chi connectivity index (χ1) is 18.7. The molecule has 0 bridgehead atoms. The second-order valence-electron chi connectivity index (χ2n) is 8.89. The van der Waals surface area contributed by atoms with Crippen LogP contribution >= 0.6 is 0 Å². The topological polar surface area (TPSA) is 211 Å². The minimum Gasteiger partial charge on any atom is -0.481 e. The molecule has 218 valence electrons. The molecule has 1 aliphatic heterocycles. The average Bonchev–Trinajstić information content (AvgIpc) is 3.12. The van der Waals surface area contributed by atoms with E-state index >= 15 is 0 Å². The highest BCUT2D eigenvalue weighted by Crippen LogP contribution is 2.32. The lowest BCUT2D eigenvalue weighted by Gasteiger charge is -2.24. The van der Waals surface area contributed by atoms with Crippen molar-refractivity contribution in [3.8, 4) is 0 Å². The lowest BCUT2D eigenvalue weighted by molar-refractivity contribution is -0.170. The van der Waals surface area contributed by atoms with Gasteiger partial charge in [0.2, 0.25) is 15.7 Å². The molecule has 15 heteroatoms. The molecular weight excluding hydrogens is 553 g/mol. The summed E-state index contributed by atoms with van der Waals surface area (Å²) in [6.45, 7) is 4.71. The first kappa shape index (κ1) is 32.1. The summed E-state index contributed by atoms with van der Waals surface area (Å²) in [4.78, 5) is 44.1. The van der Waals surface area contributed by atoms with Crippen LogP contribution in [0.1, 0.15) is 26.2 Å². The van der Waals surface area contributed by atoms with E-state index in [-0.39, 0.29) is 21.4 Å². The molecule has 0 unspecified atom stereocenters. The number of aliphatic hydroxyl groups is 1. The molecule has 1 heterocycles. The van der Waals surface area contributed by atoms with E-state index in [4.69, 9.17) is 20.4 Å². The van der Waals surface area contributed by atoms with Crippen LogP contribution in [0, 0.1) is 5.82 Å². The van der Waals surface area contributed by atoms with Crippen LogP contribution in [0.2, 0.25) is 0 Å². The maximum atomic E-state index is 13.5. The third-order valence-electron chi connectivity index (χ3n) is 5.66. The number of carbonyl (C=O) groups excluding carboxylic acids is 1. The highest BCUT2D eigenvalue weighted by molar-refractivity contribution is 7.91. The largest absolute Gasteiger partial charge is 0.481 e. The van der Waals surface area contributed by atoms with Crippen LogP contribution in [0.3, 0.4) is 0 Å². The summed E-state index contributed by atoms with van der Waals surface area (Å²) in [5.41, 5.74) is -1.71. The smallest absolute Gasteiger partial charge is 0.336 e. The number of nitrogens with zero attached hydrogens (tertiary/aromatic N) is 1. The Morgan fingerprint density at radius 2 is 1.65 bits per heavy atom. The summed E-state index contributed by atoms with van der Waals surface area (Å²) >= 11 is 0. The van der Waals surface area contributed by atoms with Gasteiger partial charge in [0.15, 0.2) is 5.60 Å². The van der Waals surface area contributed by atoms with E-state index < -0.39 is 52.0 Å². The predicted octanol–water partition coefficient (Wildman–Crippen LogP) is 1.17. The molecule has 1 aliphatic rings. The Balaban J connectivity index is 0.000000366. The summed E-state index contributed by atoms with van der Waals surface area (Å²) in [5, 5.41) is 39.7. The maximum Gasteiger partial charge on any atom is 0.336 e. The molecule has 13 nitrogen and oxygen atoms in total. The van der Waals surface area contributed by atoms with Gasteiger partial charge in [-0.15, -0.1) is 0 Å². The van der Waals surface area contributed by atoms with Gasteiger partial charge >= 0.3 is 17.9 Å². The molecule has 40 heavy (non-hydrogen) atoms. The second-order valence-corrected chi connectivity index (χ2v) is 10.8. The third-order valence-corrected chi connectivity index (χ3v) is 7.47. The van der Waals surface area contributed by atoms with Gasteiger partial charge in [0.25, 0.3) is 0 Å². The highest BCUT2D eigenvalue weighted by atomic mass is 32.2. The summed E-state index contributed by atoms with van der Waals surface area (Å²) in [6, 6.07) is 9.70. The number of nitrogens with one attached hydrogen (secondary N) is 2. The van der Waals surface area contributed by atoms with Crippen LogP contribution in [-0.2, 0) is 29.0 Å². The SMILES string of the molecule is CC(=O)Nc1cc(N2CCCNCC2)ccc1S(=O)(=O)c1cccc(F)c1.O=C(O)CC(O)(CC(=O)O)C(=O)O. The number of carbonyl (C=O) groups is 4. The Morgan fingerprint density at radius 3 is 2.20 bits per heavy atom. The number of carboxylic acids is 3. The van der Waals surface area contributed by atoms with Crippen molar-refractivity contribution in [3.05, 3.63) is 48.3 Å². The van der Waals surface area contributed by atoms with Gasteiger partial charge in [-0.1, -0.05) is 6.07 Å². The van der Waals surface area contributed by atoms with E-state index in [1.807, 2.05) is 0 Å². The van der Waals surface area contributed by atoms with Gasteiger partial charge in [0.05, 0.1) is 28.3 Å². The van der Waals surface area contributed by atoms with Gasteiger partial charge in [0.1, 0.15) is 5.82 Å². The first-order valence-corrected chi connectivity index (χ1v) is 13.4. The lowest BCUT2D eigenvalue weighted by Crippen LogP contribution is -2.42. The van der Waals surface area contributed by atoms with Crippen LogP contribution in [0.5, 0.6) is 0 Å². The molecule has 0 saturated carbocycles. The molecule has 2 aromatic rings. The van der Waals surface area contributed by atoms with Crippen molar-refractivity contribution in [2.24, 2.45) is 0 Å². The third kappa shape index (κ3) is 9.00. The zero-order valence-corrected chi connectivity index (χ0v) is 22.3. The zero-order valence-electron chi connectivity index (χ0n) is 21.5. The van der Waals surface area contributed by atoms with E-state index in [0.29, 0.717) is 0 Å². The molecule has 6 N–H and O–H groups in total. The van der Waals surface area contributed by atoms with Gasteiger partial charge in [-0.25, -0.2) is 17.6 Å². The van der Waals surface area contributed by atoms with Crippen LogP contribution in [0.4, 0.5) is 15.8 Å². The predicted molar refractivity (Wildman–Crippen MR) is 139 cm³/mol. The molecule has 0 atom stereocenters. The number of hydrogen-bond donors (Lipinski definition) is 6. The monoisotopic (exact) mass is 583 g/mol. The molecule has 0 aromatic heterocycles. The molecule has 1 amide bonds. The van der Waals surface area contributed by atoms with Gasteiger partial charge in [-0.2, -0.15) is 0 Å². The van der Waals surface area contributed by atoms with E-state index in [1.54, 1.807) is 12.1 Å². The summed E-state index contributed by atoms with van der Waals surface area (Å²) < 4.78 is 39.5. The van der Waals surface area contributed by atoms with E-state index in [9.17, 15) is 32.0 Å². The first-order valence-electron chi connectivity index (χ1n) is 11.9. The standard InChI is InChI=1S/C19H22FN3O3S.C6H8O7/c1-14(24)22-18-13-16(23-10-3-8-21-9-11-23)6-7-19(18)27(25,26)17-5-2-4-15(20)12-17;7-3(8)1-6(13,5(11)12)2-4(9)10/h2,4-7,12-13,21H,3,8-11H2,1H3,(H,22,24);13H,1-2H2,(H,7,8)(H,9,10)(H,11,12). The molecule has 2 aromatic carbocycles. The molecule has 0 spiro atoms. The van der Waals surface area contributed by atoms with Gasteiger partial charge < -0.3 is 36.0 Å². The molecule has 1 fully saturated rings. The average molecular weight is 584 g/mol. The number of rotatable bonds is 9. The summed E-state index contributed by atoms with van der Waals surface area (Å²) in [5.74, 6) is -6.03. The zero-order chi connectivity index (χ0) is 30.1. The Morgan fingerprint density at radius 1 is 1.00 bits per heavy atom. The van der Waals surface area contributed by atoms with Crippen molar-refractivity contribution >= 4 is 45.0 Å². The normalized spacial score (nSPS) is 13.8. The van der Waals surface area contributed by atoms with Crippen molar-refractivity contribution in [2.45, 2.75) is 41.6 Å². The van der Waals surface area contributed by atoms with E-state index in [1.165, 1.54) is 31.2 Å². The van der Waals surface area contributed by atoms with E-state index in [2.05, 4.69) is 15.5 Å². The Bertz CT molecular complexity index is 1340. The Kier molecular flexibility index (Phi) is 11.1. The quantitative estimate of drug-likeness (QED) is 0.246. The van der Waals surface area contributed by atoms with Crippen LogP contribution in [0.15, 0.2) is 52.3 Å². The second kappa shape index (κ2) is 13.8. The number of anilines is 2. The summed E-state index contributed by atoms with van der Waals surface area (Å²) in [7, 11) is -3.98. The lowest BCUT2D eigenvalue weighted by atomic mass is 9.96. The van der Waals surface area contributed by atoms with Crippen molar-refractivity contribution < 1.29 is 52.4 Å². The Labute approximate surface area is 229 Å². The number of sulfone groups is 1. The van der Waals surface area contributed by atoms with Gasteiger partial charge in [0, 0.05) is 32.2 Å². The number of carboxylic acid groups (broad SMARTS) is 3. The minimum absolute atomic E-state index is 0.0556. The fourth-order valence-corrected chi connectivity index (χ4v) is 5.24. The number of amides is 1. The van der Waals surface area contributed by atoms with Crippen molar-refractivity contribution in [2.75, 3.05) is 36.4 Å². The van der Waals surface area contributed by atoms with E-state index in [0.717, 1.165) is 44.4 Å². The number of benzene rings is 2. The van der Waals surface area contributed by atoms with Crippen molar-refractivity contribution in [3.63, 3.8) is 0 Å². The van der Waals surface area contributed by atoms with Crippen LogP contribution < -0.4 is 15.5 Å². The van der Waals surface area contributed by atoms with Crippen LogP contribution in [0.25, 0.3) is 0 Å². The molecular formula is C25H30FN3O10S.